The molecule has 1 aromatic carbocycles. The third kappa shape index (κ3) is 3.81. The van der Waals surface area contributed by atoms with Gasteiger partial charge in [-0.15, -0.1) is 0 Å². The number of fused-ring (bicyclic) bond motifs is 1. The van der Waals surface area contributed by atoms with E-state index in [0.717, 1.165) is 6.42 Å². The average Bonchev–Trinajstić information content (AvgIpc) is 2.54. The number of nitrogens with zero attached hydrogens (tertiary/aromatic N) is 1. The van der Waals surface area contributed by atoms with Crippen LogP contribution in [-0.2, 0) is 4.79 Å². The van der Waals surface area contributed by atoms with Crippen molar-refractivity contribution in [1.29, 1.82) is 0 Å². The summed E-state index contributed by atoms with van der Waals surface area (Å²) in [5.41, 5.74) is -0.334. The fourth-order valence-electron chi connectivity index (χ4n) is 2.01. The van der Waals surface area contributed by atoms with E-state index in [9.17, 15) is 14.7 Å². The fourth-order valence-corrected chi connectivity index (χ4v) is 3.14. The van der Waals surface area contributed by atoms with Crippen molar-refractivity contribution in [3.63, 3.8) is 0 Å². The van der Waals surface area contributed by atoms with Crippen LogP contribution in [0.2, 0.25) is 5.15 Å². The van der Waals surface area contributed by atoms with E-state index < -0.39 is 18.4 Å². The van der Waals surface area contributed by atoms with Gasteiger partial charge in [0.25, 0.3) is 5.91 Å². The number of hydrogen-bond donors (Lipinski definition) is 3. The Bertz CT molecular complexity index is 812. The third-order valence-electron chi connectivity index (χ3n) is 3.08. The average molecular weight is 465 g/mol. The number of ether oxygens (including phenoxy) is 1. The molecule has 0 radical (unpaired) electrons. The van der Waals surface area contributed by atoms with Crippen LogP contribution in [0.1, 0.15) is 23.8 Å². The van der Waals surface area contributed by atoms with Crippen molar-refractivity contribution < 1.29 is 24.5 Å². The Hall–Kier alpha value is -1.81. The number of carbonyl (C=O) groups excluding carboxylic acids is 1. The van der Waals surface area contributed by atoms with Crippen molar-refractivity contribution in [1.82, 2.24) is 10.3 Å². The number of halogens is 2. The van der Waals surface area contributed by atoms with E-state index in [0.29, 0.717) is 26.7 Å². The number of carboxylic acid groups (broad SMARTS) is 1. The molecule has 0 saturated carbocycles. The molecule has 0 bridgehead atoms. The minimum Gasteiger partial charge on any atom is -0.505 e. The van der Waals surface area contributed by atoms with Crippen LogP contribution in [-0.4, -0.2) is 40.2 Å². The summed E-state index contributed by atoms with van der Waals surface area (Å²) in [6, 6.07) is 3.37. The van der Waals surface area contributed by atoms with Gasteiger partial charge in [-0.25, -0.2) is 4.98 Å². The Morgan fingerprint density at radius 3 is 2.75 bits per heavy atom. The van der Waals surface area contributed by atoms with Crippen LogP contribution in [0, 0.1) is 3.57 Å². The van der Waals surface area contributed by atoms with Crippen LogP contribution >= 0.6 is 34.2 Å². The second-order valence-corrected chi connectivity index (χ2v) is 6.26. The van der Waals surface area contributed by atoms with E-state index in [1.54, 1.807) is 12.1 Å². The van der Waals surface area contributed by atoms with Crippen molar-refractivity contribution in [2.24, 2.45) is 0 Å². The van der Waals surface area contributed by atoms with Crippen molar-refractivity contribution in [2.45, 2.75) is 13.3 Å². The van der Waals surface area contributed by atoms with Gasteiger partial charge in [-0.3, -0.25) is 9.59 Å². The Labute approximate surface area is 156 Å². The second kappa shape index (κ2) is 7.84. The van der Waals surface area contributed by atoms with Crippen LogP contribution in [0.25, 0.3) is 10.8 Å². The highest BCUT2D eigenvalue weighted by molar-refractivity contribution is 14.1. The van der Waals surface area contributed by atoms with Crippen LogP contribution in [0.4, 0.5) is 0 Å². The number of benzene rings is 1. The smallest absolute Gasteiger partial charge is 0.322 e. The predicted octanol–water partition coefficient (Wildman–Crippen LogP) is 2.80. The van der Waals surface area contributed by atoms with Gasteiger partial charge in [0.1, 0.15) is 17.4 Å². The number of aromatic hydroxyl groups is 1. The number of amides is 1. The summed E-state index contributed by atoms with van der Waals surface area (Å²) < 4.78 is 6.20. The number of rotatable bonds is 6. The minimum atomic E-state index is -1.21. The van der Waals surface area contributed by atoms with Crippen molar-refractivity contribution in [2.75, 3.05) is 13.2 Å². The number of pyridine rings is 1. The molecule has 1 heterocycles. The summed E-state index contributed by atoms with van der Waals surface area (Å²) in [5, 5.41) is 22.1. The predicted molar refractivity (Wildman–Crippen MR) is 96.9 cm³/mol. The highest BCUT2D eigenvalue weighted by Crippen LogP contribution is 2.39. The van der Waals surface area contributed by atoms with Crippen LogP contribution in [0.3, 0.4) is 0 Å². The Balaban J connectivity index is 2.55. The molecule has 0 aliphatic heterocycles. The van der Waals surface area contributed by atoms with Gasteiger partial charge in [-0.1, -0.05) is 18.5 Å². The van der Waals surface area contributed by atoms with Gasteiger partial charge in [0, 0.05) is 10.8 Å². The fraction of sp³-hybridized carbons (Fsp3) is 0.267. The molecule has 24 heavy (non-hydrogen) atoms. The topological polar surface area (TPSA) is 109 Å². The lowest BCUT2D eigenvalue weighted by Crippen LogP contribution is -2.30. The van der Waals surface area contributed by atoms with Crippen molar-refractivity contribution >= 4 is 56.8 Å². The van der Waals surface area contributed by atoms with E-state index >= 15 is 0 Å². The zero-order chi connectivity index (χ0) is 17.9. The van der Waals surface area contributed by atoms with E-state index in [1.165, 1.54) is 0 Å². The van der Waals surface area contributed by atoms with E-state index in [2.05, 4.69) is 10.3 Å². The van der Waals surface area contributed by atoms with Gasteiger partial charge in [-0.05, 0) is 41.1 Å². The first-order valence-corrected chi connectivity index (χ1v) is 8.46. The lowest BCUT2D eigenvalue weighted by molar-refractivity contribution is -0.135. The SMILES string of the molecule is CCCOc1ccc2c(Cl)nc(C(=O)NCC(=O)O)c(O)c2c1I. The monoisotopic (exact) mass is 464 g/mol. The summed E-state index contributed by atoms with van der Waals surface area (Å²) in [4.78, 5) is 26.5. The van der Waals surface area contributed by atoms with Crippen molar-refractivity contribution in [3.8, 4) is 11.5 Å². The standard InChI is InChI=1S/C15H14ClIN2O5/c1-2-5-24-8-4-3-7-10(11(8)17)13(22)12(19-14(7)16)15(23)18-6-9(20)21/h3-4,22H,2,5-6H2,1H3,(H,18,23)(H,20,21). The number of aromatic nitrogens is 1. The summed E-state index contributed by atoms with van der Waals surface area (Å²) in [6.07, 6.45) is 0.819. The van der Waals surface area contributed by atoms with Gasteiger partial charge >= 0.3 is 5.97 Å². The van der Waals surface area contributed by atoms with Gasteiger partial charge < -0.3 is 20.3 Å². The zero-order valence-electron chi connectivity index (χ0n) is 12.6. The van der Waals surface area contributed by atoms with Crippen LogP contribution < -0.4 is 10.1 Å². The first kappa shape index (κ1) is 18.5. The molecule has 0 aliphatic carbocycles. The Kier molecular flexibility index (Phi) is 6.05. The molecule has 0 saturated heterocycles. The maximum absolute atomic E-state index is 12.0. The maximum atomic E-state index is 12.0. The molecular formula is C15H14ClIN2O5. The lowest BCUT2D eigenvalue weighted by Gasteiger charge is -2.13. The normalized spacial score (nSPS) is 10.6. The summed E-state index contributed by atoms with van der Waals surface area (Å²) in [5.74, 6) is -1.85. The second-order valence-electron chi connectivity index (χ2n) is 4.82. The Morgan fingerprint density at radius 1 is 1.42 bits per heavy atom. The molecule has 2 aromatic rings. The van der Waals surface area contributed by atoms with Gasteiger partial charge in [-0.2, -0.15) is 0 Å². The van der Waals surface area contributed by atoms with Gasteiger partial charge in [0.05, 0.1) is 10.2 Å². The number of hydrogen-bond acceptors (Lipinski definition) is 5. The van der Waals surface area contributed by atoms with E-state index in [1.807, 2.05) is 29.5 Å². The largest absolute Gasteiger partial charge is 0.505 e. The third-order valence-corrected chi connectivity index (χ3v) is 4.44. The zero-order valence-corrected chi connectivity index (χ0v) is 15.5. The first-order chi connectivity index (χ1) is 11.4. The van der Waals surface area contributed by atoms with E-state index in [4.69, 9.17) is 21.4 Å². The molecule has 0 atom stereocenters. The molecule has 0 aliphatic rings. The van der Waals surface area contributed by atoms with Gasteiger partial charge in [0.2, 0.25) is 0 Å². The van der Waals surface area contributed by atoms with Gasteiger partial charge in [0.15, 0.2) is 11.4 Å². The molecule has 7 nitrogen and oxygen atoms in total. The molecule has 9 heteroatoms. The summed E-state index contributed by atoms with van der Waals surface area (Å²) >= 11 is 8.10. The molecule has 0 fully saturated rings. The molecule has 1 aromatic heterocycles. The number of carbonyl (C=O) groups is 2. The van der Waals surface area contributed by atoms with E-state index in [-0.39, 0.29) is 16.6 Å². The number of carboxylic acids is 1. The van der Waals surface area contributed by atoms with Crippen molar-refractivity contribution in [3.05, 3.63) is 26.5 Å². The number of aliphatic carboxylic acids is 1. The Morgan fingerprint density at radius 2 is 2.12 bits per heavy atom. The minimum absolute atomic E-state index is 0.0308. The molecule has 0 unspecified atom stereocenters. The quantitative estimate of drug-likeness (QED) is 0.448. The highest BCUT2D eigenvalue weighted by atomic mass is 127. The maximum Gasteiger partial charge on any atom is 0.322 e. The van der Waals surface area contributed by atoms with Crippen LogP contribution in [0.5, 0.6) is 11.5 Å². The molecular weight excluding hydrogens is 451 g/mol. The first-order valence-electron chi connectivity index (χ1n) is 7.00. The molecule has 1 amide bonds. The highest BCUT2D eigenvalue weighted by Gasteiger charge is 2.22. The molecule has 2 rings (SSSR count). The lowest BCUT2D eigenvalue weighted by atomic mass is 10.1. The molecule has 0 spiro atoms. The molecule has 128 valence electrons. The number of nitrogens with one attached hydrogen (secondary N) is 1. The summed E-state index contributed by atoms with van der Waals surface area (Å²) in [6.45, 7) is 1.89. The summed E-state index contributed by atoms with van der Waals surface area (Å²) in [7, 11) is 0. The molecule has 3 N–H and O–H groups in total. The van der Waals surface area contributed by atoms with Crippen LogP contribution in [0.15, 0.2) is 12.1 Å².